The lowest BCUT2D eigenvalue weighted by Crippen LogP contribution is -2.48. The van der Waals surface area contributed by atoms with Crippen molar-refractivity contribution in [3.8, 4) is 0 Å². The Bertz CT molecular complexity index is 369. The fraction of sp³-hybridized carbons (Fsp3) is 0.750. The lowest BCUT2D eigenvalue weighted by atomic mass is 10.2. The molecule has 8 heteroatoms. The third kappa shape index (κ3) is 6.37. The minimum atomic E-state index is -1.44. The van der Waals surface area contributed by atoms with Crippen molar-refractivity contribution in [1.29, 1.82) is 0 Å². The van der Waals surface area contributed by atoms with E-state index in [9.17, 15) is 14.4 Å². The number of carboxylic acids is 2. The van der Waals surface area contributed by atoms with Crippen molar-refractivity contribution in [2.24, 2.45) is 5.92 Å². The average molecular weight is 288 g/mol. The number of ether oxygens (including phenoxy) is 1. The summed E-state index contributed by atoms with van der Waals surface area (Å²) in [6.07, 6.45) is 1.71. The Morgan fingerprint density at radius 2 is 2.00 bits per heavy atom. The third-order valence-electron chi connectivity index (χ3n) is 2.94. The van der Waals surface area contributed by atoms with Gasteiger partial charge >= 0.3 is 18.0 Å². The second kappa shape index (κ2) is 7.68. The van der Waals surface area contributed by atoms with Gasteiger partial charge in [-0.05, 0) is 18.8 Å². The molecule has 0 aromatic carbocycles. The fourth-order valence-electron chi connectivity index (χ4n) is 1.47. The summed E-state index contributed by atoms with van der Waals surface area (Å²) in [6.45, 7) is 1.38. The molecule has 114 valence electrons. The molecule has 1 saturated carbocycles. The minimum Gasteiger partial charge on any atom is -0.481 e. The van der Waals surface area contributed by atoms with Crippen LogP contribution in [-0.2, 0) is 14.3 Å². The van der Waals surface area contributed by atoms with E-state index in [-0.39, 0.29) is 0 Å². The molecule has 0 heterocycles. The van der Waals surface area contributed by atoms with Crippen LogP contribution in [0.2, 0.25) is 0 Å². The molecule has 1 aliphatic carbocycles. The second-order valence-corrected chi connectivity index (χ2v) is 4.88. The Kier molecular flexibility index (Phi) is 6.23. The first kappa shape index (κ1) is 16.2. The van der Waals surface area contributed by atoms with Gasteiger partial charge in [-0.25, -0.2) is 9.59 Å². The van der Waals surface area contributed by atoms with Crippen molar-refractivity contribution >= 4 is 18.0 Å². The number of amides is 2. The van der Waals surface area contributed by atoms with Crippen LogP contribution in [0.1, 0.15) is 19.3 Å². The molecule has 1 fully saturated rings. The van der Waals surface area contributed by atoms with Crippen molar-refractivity contribution in [2.75, 3.05) is 26.8 Å². The van der Waals surface area contributed by atoms with Gasteiger partial charge in [0.25, 0.3) is 0 Å². The largest absolute Gasteiger partial charge is 0.481 e. The van der Waals surface area contributed by atoms with Crippen molar-refractivity contribution in [2.45, 2.75) is 25.3 Å². The summed E-state index contributed by atoms with van der Waals surface area (Å²) in [4.78, 5) is 34.3. The number of likely N-dealkylation sites (N-methyl/N-ethyl adjacent to an activating group) is 1. The first-order valence-electron chi connectivity index (χ1n) is 6.44. The van der Waals surface area contributed by atoms with Crippen LogP contribution < -0.4 is 5.32 Å². The van der Waals surface area contributed by atoms with Crippen molar-refractivity contribution < 1.29 is 29.3 Å². The SMILES string of the molecule is CN(CCOCC1CC1)C(=O)N[C@H](CC(=O)O)C(=O)O. The van der Waals surface area contributed by atoms with Crippen LogP contribution in [-0.4, -0.2) is 65.9 Å². The Hall–Kier alpha value is -1.83. The molecular formula is C12H20N2O6. The van der Waals surface area contributed by atoms with Gasteiger partial charge in [0.05, 0.1) is 13.0 Å². The predicted molar refractivity (Wildman–Crippen MR) is 68.4 cm³/mol. The molecule has 0 aliphatic heterocycles. The Labute approximate surface area is 116 Å². The van der Waals surface area contributed by atoms with E-state index in [2.05, 4.69) is 5.32 Å². The number of carbonyl (C=O) groups excluding carboxylic acids is 1. The number of carbonyl (C=O) groups is 3. The van der Waals surface area contributed by atoms with E-state index >= 15 is 0 Å². The lowest BCUT2D eigenvalue weighted by Gasteiger charge is -2.20. The fourth-order valence-corrected chi connectivity index (χ4v) is 1.47. The normalized spacial score (nSPS) is 15.4. The lowest BCUT2D eigenvalue weighted by molar-refractivity contribution is -0.145. The van der Waals surface area contributed by atoms with Crippen molar-refractivity contribution in [3.63, 3.8) is 0 Å². The maximum absolute atomic E-state index is 11.7. The number of aliphatic carboxylic acids is 2. The average Bonchev–Trinajstić information content (AvgIpc) is 3.16. The van der Waals surface area contributed by atoms with Crippen LogP contribution in [0.4, 0.5) is 4.79 Å². The summed E-state index contributed by atoms with van der Waals surface area (Å²) in [5, 5.41) is 19.5. The van der Waals surface area contributed by atoms with Gasteiger partial charge < -0.3 is 25.2 Å². The summed E-state index contributed by atoms with van der Waals surface area (Å²) in [5.74, 6) is -2.02. The molecule has 0 bridgehead atoms. The zero-order valence-electron chi connectivity index (χ0n) is 11.4. The standard InChI is InChI=1S/C12H20N2O6/c1-14(4-5-20-7-8-2-3-8)12(19)13-9(11(17)18)6-10(15)16/h8-9H,2-7H2,1H3,(H,13,19)(H,15,16)(H,17,18)/t9-/m1/s1. The van der Waals surface area contributed by atoms with Crippen molar-refractivity contribution in [3.05, 3.63) is 0 Å². The van der Waals surface area contributed by atoms with Gasteiger partial charge in [-0.15, -0.1) is 0 Å². The predicted octanol–water partition coefficient (Wildman–Crippen LogP) is -0.0177. The Morgan fingerprint density at radius 1 is 1.35 bits per heavy atom. The van der Waals surface area contributed by atoms with Crippen LogP contribution in [0.5, 0.6) is 0 Å². The quantitative estimate of drug-likeness (QED) is 0.513. The van der Waals surface area contributed by atoms with E-state index in [1.54, 1.807) is 0 Å². The molecule has 1 aliphatic rings. The molecule has 1 atom stereocenters. The number of rotatable bonds is 9. The van der Waals surface area contributed by atoms with E-state index in [4.69, 9.17) is 14.9 Å². The summed E-state index contributed by atoms with van der Waals surface area (Å²) >= 11 is 0. The molecule has 0 saturated heterocycles. The topological polar surface area (TPSA) is 116 Å². The highest BCUT2D eigenvalue weighted by Crippen LogP contribution is 2.28. The third-order valence-corrected chi connectivity index (χ3v) is 2.94. The maximum Gasteiger partial charge on any atom is 0.326 e. The van der Waals surface area contributed by atoms with Gasteiger partial charge in [0.1, 0.15) is 6.04 Å². The highest BCUT2D eigenvalue weighted by molar-refractivity contribution is 5.86. The number of nitrogens with one attached hydrogen (secondary N) is 1. The summed E-state index contributed by atoms with van der Waals surface area (Å²) in [5.41, 5.74) is 0. The minimum absolute atomic E-state index is 0.317. The van der Waals surface area contributed by atoms with Gasteiger partial charge in [0, 0.05) is 20.2 Å². The number of hydrogen-bond donors (Lipinski definition) is 3. The molecule has 20 heavy (non-hydrogen) atoms. The molecule has 0 unspecified atom stereocenters. The highest BCUT2D eigenvalue weighted by Gasteiger charge is 2.24. The van der Waals surface area contributed by atoms with E-state index < -0.39 is 30.4 Å². The van der Waals surface area contributed by atoms with Gasteiger partial charge in [-0.3, -0.25) is 4.79 Å². The van der Waals surface area contributed by atoms with Gasteiger partial charge in [0.15, 0.2) is 0 Å². The van der Waals surface area contributed by atoms with Crippen LogP contribution in [0.3, 0.4) is 0 Å². The molecule has 0 aromatic heterocycles. The molecule has 0 spiro atoms. The number of hydrogen-bond acceptors (Lipinski definition) is 4. The zero-order valence-corrected chi connectivity index (χ0v) is 11.4. The van der Waals surface area contributed by atoms with Crippen LogP contribution in [0, 0.1) is 5.92 Å². The number of urea groups is 1. The summed E-state index contributed by atoms with van der Waals surface area (Å²) in [7, 11) is 1.50. The summed E-state index contributed by atoms with van der Waals surface area (Å²) in [6, 6.07) is -2.07. The maximum atomic E-state index is 11.7. The Balaban J connectivity index is 2.26. The molecule has 8 nitrogen and oxygen atoms in total. The van der Waals surface area contributed by atoms with Crippen LogP contribution >= 0.6 is 0 Å². The summed E-state index contributed by atoms with van der Waals surface area (Å²) < 4.78 is 5.36. The molecular weight excluding hydrogens is 268 g/mol. The molecule has 0 aromatic rings. The first-order valence-corrected chi connectivity index (χ1v) is 6.44. The molecule has 1 rings (SSSR count). The Morgan fingerprint density at radius 3 is 2.50 bits per heavy atom. The van der Waals surface area contributed by atoms with E-state index in [0.717, 1.165) is 0 Å². The van der Waals surface area contributed by atoms with Crippen LogP contribution in [0.15, 0.2) is 0 Å². The molecule has 0 radical (unpaired) electrons. The van der Waals surface area contributed by atoms with E-state index in [1.807, 2.05) is 0 Å². The van der Waals surface area contributed by atoms with Gasteiger partial charge in [0.2, 0.25) is 0 Å². The second-order valence-electron chi connectivity index (χ2n) is 4.88. The smallest absolute Gasteiger partial charge is 0.326 e. The number of carboxylic acid groups (broad SMARTS) is 2. The van der Waals surface area contributed by atoms with E-state index in [1.165, 1.54) is 24.8 Å². The first-order chi connectivity index (χ1) is 9.40. The molecule has 2 amide bonds. The number of nitrogens with zero attached hydrogens (tertiary/aromatic N) is 1. The highest BCUT2D eigenvalue weighted by atomic mass is 16.5. The van der Waals surface area contributed by atoms with Crippen molar-refractivity contribution in [1.82, 2.24) is 10.2 Å². The zero-order chi connectivity index (χ0) is 15.1. The van der Waals surface area contributed by atoms with Gasteiger partial charge in [-0.2, -0.15) is 0 Å². The van der Waals surface area contributed by atoms with Gasteiger partial charge in [-0.1, -0.05) is 0 Å². The van der Waals surface area contributed by atoms with E-state index in [0.29, 0.717) is 25.7 Å². The monoisotopic (exact) mass is 288 g/mol. The van der Waals surface area contributed by atoms with Crippen LogP contribution in [0.25, 0.3) is 0 Å². The molecule has 3 N–H and O–H groups in total.